The molecule has 1 fully saturated rings. The molecule has 0 aromatic carbocycles. The Labute approximate surface area is 88.3 Å². The summed E-state index contributed by atoms with van der Waals surface area (Å²) in [5.74, 6) is 0.0595. The van der Waals surface area contributed by atoms with E-state index in [1.165, 1.54) is 6.33 Å². The van der Waals surface area contributed by atoms with Gasteiger partial charge in [-0.2, -0.15) is 0 Å². The van der Waals surface area contributed by atoms with Crippen molar-refractivity contribution < 1.29 is 4.39 Å². The molecule has 1 aliphatic rings. The Morgan fingerprint density at radius 2 is 2.33 bits per heavy atom. The number of nitrogens with two attached hydrogens (primary N) is 1. The van der Waals surface area contributed by atoms with Gasteiger partial charge in [-0.05, 0) is 19.8 Å². The second-order valence-electron chi connectivity index (χ2n) is 3.94. The summed E-state index contributed by atoms with van der Waals surface area (Å²) >= 11 is 0. The zero-order valence-corrected chi connectivity index (χ0v) is 8.78. The number of halogens is 1. The molecule has 0 bridgehead atoms. The molecule has 1 aromatic rings. The molecule has 1 unspecified atom stereocenters. The number of nitrogens with zero attached hydrogens (tertiary/aromatic N) is 3. The third-order valence-electron chi connectivity index (χ3n) is 2.70. The molecule has 4 nitrogen and oxygen atoms in total. The Morgan fingerprint density at radius 1 is 1.53 bits per heavy atom. The molecule has 0 radical (unpaired) electrons. The van der Waals surface area contributed by atoms with Gasteiger partial charge in [0.1, 0.15) is 6.33 Å². The Morgan fingerprint density at radius 3 is 3.07 bits per heavy atom. The van der Waals surface area contributed by atoms with Crippen LogP contribution in [-0.2, 0) is 0 Å². The zero-order valence-electron chi connectivity index (χ0n) is 8.78. The van der Waals surface area contributed by atoms with Crippen molar-refractivity contribution in [2.75, 3.05) is 18.0 Å². The van der Waals surface area contributed by atoms with Gasteiger partial charge in [-0.15, -0.1) is 0 Å². The summed E-state index contributed by atoms with van der Waals surface area (Å²) in [6, 6.07) is 0.119. The average Bonchev–Trinajstić information content (AvgIpc) is 2.22. The van der Waals surface area contributed by atoms with Crippen LogP contribution in [0.15, 0.2) is 6.33 Å². The number of anilines is 1. The van der Waals surface area contributed by atoms with Crippen LogP contribution in [0.2, 0.25) is 0 Å². The van der Waals surface area contributed by atoms with E-state index in [0.717, 1.165) is 19.4 Å². The molecule has 1 aliphatic heterocycles. The standard InChI is InChI=1S/C10H15FN4/c1-7-9(11)10(14-6-13-7)15-4-2-3-8(12)5-15/h6,8H,2-5,12H2,1H3. The lowest BCUT2D eigenvalue weighted by molar-refractivity contribution is 0.491. The fourth-order valence-corrected chi connectivity index (χ4v) is 1.87. The number of rotatable bonds is 1. The van der Waals surface area contributed by atoms with Gasteiger partial charge < -0.3 is 10.6 Å². The number of hydrogen-bond donors (Lipinski definition) is 1. The Bertz CT molecular complexity index is 355. The molecule has 0 aliphatic carbocycles. The van der Waals surface area contributed by atoms with E-state index in [0.29, 0.717) is 18.1 Å². The van der Waals surface area contributed by atoms with E-state index in [2.05, 4.69) is 9.97 Å². The smallest absolute Gasteiger partial charge is 0.186 e. The minimum Gasteiger partial charge on any atom is -0.353 e. The SMILES string of the molecule is Cc1ncnc(N2CCCC(N)C2)c1F. The molecule has 0 spiro atoms. The van der Waals surface area contributed by atoms with Crippen molar-refractivity contribution >= 4 is 5.82 Å². The van der Waals surface area contributed by atoms with Crippen molar-refractivity contribution in [3.8, 4) is 0 Å². The van der Waals surface area contributed by atoms with Crippen LogP contribution in [0.5, 0.6) is 0 Å². The third-order valence-corrected chi connectivity index (χ3v) is 2.70. The monoisotopic (exact) mass is 210 g/mol. The van der Waals surface area contributed by atoms with Crippen molar-refractivity contribution in [3.63, 3.8) is 0 Å². The van der Waals surface area contributed by atoms with Gasteiger partial charge in [-0.1, -0.05) is 0 Å². The van der Waals surface area contributed by atoms with Crippen molar-refractivity contribution in [1.29, 1.82) is 0 Å². The predicted octanol–water partition coefficient (Wildman–Crippen LogP) is 0.852. The molecule has 1 aromatic heterocycles. The number of piperidine rings is 1. The van der Waals surface area contributed by atoms with Crippen molar-refractivity contribution in [3.05, 3.63) is 17.8 Å². The molecule has 5 heteroatoms. The Hall–Kier alpha value is -1.23. The quantitative estimate of drug-likeness (QED) is 0.746. The van der Waals surface area contributed by atoms with Gasteiger partial charge in [0.25, 0.3) is 0 Å². The molecule has 1 atom stereocenters. The molecule has 15 heavy (non-hydrogen) atoms. The fraction of sp³-hybridized carbons (Fsp3) is 0.600. The summed E-state index contributed by atoms with van der Waals surface area (Å²) in [6.07, 6.45) is 3.39. The zero-order chi connectivity index (χ0) is 10.8. The molecule has 2 heterocycles. The van der Waals surface area contributed by atoms with E-state index in [1.807, 2.05) is 4.90 Å². The molecule has 0 saturated carbocycles. The second kappa shape index (κ2) is 4.10. The van der Waals surface area contributed by atoms with Crippen LogP contribution < -0.4 is 10.6 Å². The lowest BCUT2D eigenvalue weighted by atomic mass is 10.1. The first kappa shape index (κ1) is 10.3. The minimum absolute atomic E-state index is 0.119. The van der Waals surface area contributed by atoms with E-state index in [9.17, 15) is 4.39 Å². The second-order valence-corrected chi connectivity index (χ2v) is 3.94. The van der Waals surface area contributed by atoms with Crippen LogP contribution in [0, 0.1) is 12.7 Å². The lowest BCUT2D eigenvalue weighted by Gasteiger charge is -2.31. The molecule has 82 valence electrons. The average molecular weight is 210 g/mol. The summed E-state index contributed by atoms with van der Waals surface area (Å²) < 4.78 is 13.7. The predicted molar refractivity (Wildman–Crippen MR) is 56.1 cm³/mol. The van der Waals surface area contributed by atoms with Crippen LogP contribution in [0.4, 0.5) is 10.2 Å². The summed E-state index contributed by atoms with van der Waals surface area (Å²) in [5.41, 5.74) is 6.23. The maximum absolute atomic E-state index is 13.7. The van der Waals surface area contributed by atoms with Crippen LogP contribution in [0.25, 0.3) is 0 Å². The van der Waals surface area contributed by atoms with Gasteiger partial charge in [0.2, 0.25) is 0 Å². The Balaban J connectivity index is 2.24. The van der Waals surface area contributed by atoms with E-state index < -0.39 is 0 Å². The van der Waals surface area contributed by atoms with Gasteiger partial charge >= 0.3 is 0 Å². The van der Waals surface area contributed by atoms with Crippen molar-refractivity contribution in [2.24, 2.45) is 5.73 Å². The molecular weight excluding hydrogens is 195 g/mol. The summed E-state index contributed by atoms with van der Waals surface area (Å²) in [4.78, 5) is 9.69. The van der Waals surface area contributed by atoms with Crippen molar-refractivity contribution in [1.82, 2.24) is 9.97 Å². The van der Waals surface area contributed by atoms with Gasteiger partial charge in [-0.3, -0.25) is 0 Å². The largest absolute Gasteiger partial charge is 0.353 e. The first-order chi connectivity index (χ1) is 7.18. The minimum atomic E-state index is -0.327. The third kappa shape index (κ3) is 2.07. The van der Waals surface area contributed by atoms with Gasteiger partial charge in [0.15, 0.2) is 11.6 Å². The first-order valence-corrected chi connectivity index (χ1v) is 5.16. The summed E-state index contributed by atoms with van der Waals surface area (Å²) in [7, 11) is 0. The highest BCUT2D eigenvalue weighted by atomic mass is 19.1. The van der Waals surface area contributed by atoms with Gasteiger partial charge in [-0.25, -0.2) is 14.4 Å². The highest BCUT2D eigenvalue weighted by Crippen LogP contribution is 2.20. The Kier molecular flexibility index (Phi) is 2.81. The maximum Gasteiger partial charge on any atom is 0.186 e. The molecular formula is C10H15FN4. The van der Waals surface area contributed by atoms with Crippen molar-refractivity contribution in [2.45, 2.75) is 25.8 Å². The van der Waals surface area contributed by atoms with E-state index in [4.69, 9.17) is 5.73 Å². The number of aryl methyl sites for hydroxylation is 1. The fourth-order valence-electron chi connectivity index (χ4n) is 1.87. The van der Waals surface area contributed by atoms with E-state index >= 15 is 0 Å². The van der Waals surface area contributed by atoms with Crippen LogP contribution in [0.1, 0.15) is 18.5 Å². The first-order valence-electron chi connectivity index (χ1n) is 5.16. The van der Waals surface area contributed by atoms with Crippen LogP contribution >= 0.6 is 0 Å². The van der Waals surface area contributed by atoms with E-state index in [-0.39, 0.29) is 11.9 Å². The van der Waals surface area contributed by atoms with Gasteiger partial charge in [0, 0.05) is 19.1 Å². The van der Waals surface area contributed by atoms with Crippen LogP contribution in [0.3, 0.4) is 0 Å². The lowest BCUT2D eigenvalue weighted by Crippen LogP contribution is -2.43. The van der Waals surface area contributed by atoms with Gasteiger partial charge in [0.05, 0.1) is 5.69 Å². The molecule has 0 amide bonds. The summed E-state index contributed by atoms with van der Waals surface area (Å²) in [5, 5.41) is 0. The topological polar surface area (TPSA) is 55.0 Å². The molecule has 2 N–H and O–H groups in total. The van der Waals surface area contributed by atoms with Crippen LogP contribution in [-0.4, -0.2) is 29.1 Å². The summed E-state index contributed by atoms with van der Waals surface area (Å²) in [6.45, 7) is 3.14. The normalized spacial score (nSPS) is 21.8. The molecule has 1 saturated heterocycles. The highest BCUT2D eigenvalue weighted by Gasteiger charge is 2.21. The number of aromatic nitrogens is 2. The molecule has 2 rings (SSSR count). The maximum atomic E-state index is 13.7. The number of hydrogen-bond acceptors (Lipinski definition) is 4. The highest BCUT2D eigenvalue weighted by molar-refractivity contribution is 5.41. The van der Waals surface area contributed by atoms with E-state index in [1.54, 1.807) is 6.92 Å².